The molecule has 150 valence electrons. The van der Waals surface area contributed by atoms with Gasteiger partial charge >= 0.3 is 6.18 Å². The molecular formula is C21H17F4N3O. The van der Waals surface area contributed by atoms with Gasteiger partial charge in [0, 0.05) is 6.54 Å². The molecule has 0 unspecified atom stereocenters. The number of benzene rings is 2. The van der Waals surface area contributed by atoms with E-state index in [9.17, 15) is 22.4 Å². The molecule has 0 saturated carbocycles. The predicted molar refractivity (Wildman–Crippen MR) is 99.3 cm³/mol. The summed E-state index contributed by atoms with van der Waals surface area (Å²) in [4.78, 5) is 14.4. The van der Waals surface area contributed by atoms with Crippen molar-refractivity contribution in [1.82, 2.24) is 9.78 Å². The van der Waals surface area contributed by atoms with Gasteiger partial charge in [0.1, 0.15) is 5.82 Å². The molecule has 2 heterocycles. The van der Waals surface area contributed by atoms with E-state index < -0.39 is 11.7 Å². The van der Waals surface area contributed by atoms with Crippen molar-refractivity contribution in [3.63, 3.8) is 0 Å². The van der Waals surface area contributed by atoms with Gasteiger partial charge in [-0.05, 0) is 54.8 Å². The number of aromatic nitrogens is 2. The Morgan fingerprint density at radius 1 is 1.03 bits per heavy atom. The fourth-order valence-corrected chi connectivity index (χ4v) is 3.50. The molecule has 29 heavy (non-hydrogen) atoms. The van der Waals surface area contributed by atoms with Crippen LogP contribution in [-0.2, 0) is 23.8 Å². The molecule has 1 amide bonds. The topological polar surface area (TPSA) is 38.1 Å². The standard InChI is InChI=1S/C21H17F4N3O/c22-16-7-9-17(10-8-16)28-18-2-1-11-27(19(18)13-26-28)20(29)12-14-3-5-15(6-4-14)21(23,24)25/h3-10,13H,1-2,11-12H2. The van der Waals surface area contributed by atoms with E-state index in [4.69, 9.17) is 0 Å². The number of anilines is 1. The Balaban J connectivity index is 1.55. The van der Waals surface area contributed by atoms with Crippen LogP contribution < -0.4 is 4.90 Å². The Hall–Kier alpha value is -3.16. The van der Waals surface area contributed by atoms with Gasteiger partial charge in [0.25, 0.3) is 0 Å². The third-order valence-corrected chi connectivity index (χ3v) is 4.94. The Morgan fingerprint density at radius 2 is 1.72 bits per heavy atom. The van der Waals surface area contributed by atoms with Gasteiger partial charge in [-0.2, -0.15) is 18.3 Å². The van der Waals surface area contributed by atoms with Gasteiger partial charge in [-0.1, -0.05) is 12.1 Å². The summed E-state index contributed by atoms with van der Waals surface area (Å²) in [6.07, 6.45) is -1.35. The highest BCUT2D eigenvalue weighted by Crippen LogP contribution is 2.31. The van der Waals surface area contributed by atoms with E-state index in [1.165, 1.54) is 24.3 Å². The summed E-state index contributed by atoms with van der Waals surface area (Å²) in [5.41, 5.74) is 2.00. The lowest BCUT2D eigenvalue weighted by Gasteiger charge is -2.27. The molecule has 0 saturated heterocycles. The number of hydrogen-bond donors (Lipinski definition) is 0. The van der Waals surface area contributed by atoms with Gasteiger partial charge in [0.15, 0.2) is 0 Å². The highest BCUT2D eigenvalue weighted by molar-refractivity contribution is 5.95. The number of alkyl halides is 3. The molecule has 0 radical (unpaired) electrons. The van der Waals surface area contributed by atoms with Crippen molar-refractivity contribution >= 4 is 11.6 Å². The van der Waals surface area contributed by atoms with Gasteiger partial charge in [0.05, 0.1) is 35.2 Å². The molecule has 8 heteroatoms. The highest BCUT2D eigenvalue weighted by Gasteiger charge is 2.30. The Labute approximate surface area is 164 Å². The van der Waals surface area contributed by atoms with Crippen LogP contribution in [0.2, 0.25) is 0 Å². The van der Waals surface area contributed by atoms with Crippen LogP contribution >= 0.6 is 0 Å². The largest absolute Gasteiger partial charge is 0.416 e. The van der Waals surface area contributed by atoms with Crippen LogP contribution in [0.5, 0.6) is 0 Å². The van der Waals surface area contributed by atoms with Gasteiger partial charge in [-0.15, -0.1) is 0 Å². The second kappa shape index (κ2) is 7.35. The summed E-state index contributed by atoms with van der Waals surface area (Å²) in [7, 11) is 0. The molecule has 4 nitrogen and oxygen atoms in total. The minimum atomic E-state index is -4.40. The maximum atomic E-state index is 13.2. The molecule has 0 N–H and O–H groups in total. The van der Waals surface area contributed by atoms with Crippen molar-refractivity contribution in [1.29, 1.82) is 0 Å². The van der Waals surface area contributed by atoms with Gasteiger partial charge in [0.2, 0.25) is 5.91 Å². The van der Waals surface area contributed by atoms with Crippen LogP contribution in [0.3, 0.4) is 0 Å². The maximum absolute atomic E-state index is 13.2. The monoisotopic (exact) mass is 403 g/mol. The van der Waals surface area contributed by atoms with Crippen LogP contribution in [0.25, 0.3) is 5.69 Å². The second-order valence-electron chi connectivity index (χ2n) is 6.89. The van der Waals surface area contributed by atoms with Crippen LogP contribution in [0.15, 0.2) is 54.7 Å². The number of hydrogen-bond acceptors (Lipinski definition) is 2. The molecule has 0 spiro atoms. The van der Waals surface area contributed by atoms with E-state index in [1.54, 1.807) is 27.9 Å². The van der Waals surface area contributed by atoms with Crippen molar-refractivity contribution < 1.29 is 22.4 Å². The predicted octanol–water partition coefficient (Wildman–Crippen LogP) is 4.55. The number of nitrogens with zero attached hydrogens (tertiary/aromatic N) is 3. The molecule has 1 aliphatic rings. The van der Waals surface area contributed by atoms with E-state index in [2.05, 4.69) is 5.10 Å². The average Bonchev–Trinajstić information content (AvgIpc) is 3.12. The minimum absolute atomic E-state index is 0.000689. The fraction of sp³-hybridized carbons (Fsp3) is 0.238. The smallest absolute Gasteiger partial charge is 0.309 e. The number of halogens is 4. The summed E-state index contributed by atoms with van der Waals surface area (Å²) >= 11 is 0. The van der Waals surface area contributed by atoms with Crippen molar-refractivity contribution in [2.45, 2.75) is 25.4 Å². The molecule has 0 fully saturated rings. The summed E-state index contributed by atoms with van der Waals surface area (Å²) in [6, 6.07) is 10.5. The number of carbonyl (C=O) groups is 1. The third-order valence-electron chi connectivity index (χ3n) is 4.94. The molecule has 0 atom stereocenters. The first-order chi connectivity index (χ1) is 13.8. The fourth-order valence-electron chi connectivity index (χ4n) is 3.50. The van der Waals surface area contributed by atoms with E-state index in [0.717, 1.165) is 30.7 Å². The van der Waals surface area contributed by atoms with E-state index >= 15 is 0 Å². The number of amides is 1. The first kappa shape index (κ1) is 19.2. The summed E-state index contributed by atoms with van der Waals surface area (Å²) in [5, 5.41) is 4.35. The normalized spacial score (nSPS) is 14.0. The zero-order valence-electron chi connectivity index (χ0n) is 15.3. The Bertz CT molecular complexity index is 1020. The van der Waals surface area contributed by atoms with Crippen molar-refractivity contribution in [2.24, 2.45) is 0 Å². The maximum Gasteiger partial charge on any atom is 0.416 e. The molecule has 3 aromatic rings. The summed E-state index contributed by atoms with van der Waals surface area (Å²) < 4.78 is 53.0. The van der Waals surface area contributed by atoms with Crippen LogP contribution in [0.1, 0.15) is 23.2 Å². The quantitative estimate of drug-likeness (QED) is 0.602. The molecule has 4 rings (SSSR count). The Morgan fingerprint density at radius 3 is 2.38 bits per heavy atom. The van der Waals surface area contributed by atoms with Crippen molar-refractivity contribution in [2.75, 3.05) is 11.4 Å². The first-order valence-electron chi connectivity index (χ1n) is 9.12. The lowest BCUT2D eigenvalue weighted by Crippen LogP contribution is -2.36. The van der Waals surface area contributed by atoms with Crippen molar-refractivity contribution in [3.05, 3.63) is 77.4 Å². The average molecular weight is 403 g/mol. The third kappa shape index (κ3) is 3.87. The van der Waals surface area contributed by atoms with Crippen LogP contribution in [0, 0.1) is 5.82 Å². The van der Waals surface area contributed by atoms with Crippen LogP contribution in [0.4, 0.5) is 23.2 Å². The lowest BCUT2D eigenvalue weighted by molar-refractivity contribution is -0.137. The first-order valence-corrected chi connectivity index (χ1v) is 9.12. The van der Waals surface area contributed by atoms with E-state index in [0.29, 0.717) is 23.5 Å². The highest BCUT2D eigenvalue weighted by atomic mass is 19.4. The van der Waals surface area contributed by atoms with E-state index in [1.807, 2.05) is 0 Å². The SMILES string of the molecule is O=C(Cc1ccc(C(F)(F)F)cc1)N1CCCc2c1cnn2-c1ccc(F)cc1. The molecule has 0 bridgehead atoms. The van der Waals surface area contributed by atoms with Gasteiger partial charge in [-0.25, -0.2) is 9.07 Å². The molecular weight excluding hydrogens is 386 g/mol. The summed E-state index contributed by atoms with van der Waals surface area (Å²) in [5.74, 6) is -0.549. The molecule has 0 aliphatic carbocycles. The molecule has 1 aromatic heterocycles. The zero-order chi connectivity index (χ0) is 20.6. The molecule has 1 aliphatic heterocycles. The molecule has 2 aromatic carbocycles. The number of fused-ring (bicyclic) bond motifs is 1. The second-order valence-corrected chi connectivity index (χ2v) is 6.89. The number of carbonyl (C=O) groups excluding carboxylic acids is 1. The van der Waals surface area contributed by atoms with Gasteiger partial charge in [-0.3, -0.25) is 4.79 Å². The Kier molecular flexibility index (Phi) is 4.86. The minimum Gasteiger partial charge on any atom is -0.309 e. The van der Waals surface area contributed by atoms with Crippen LogP contribution in [-0.4, -0.2) is 22.2 Å². The van der Waals surface area contributed by atoms with Crippen molar-refractivity contribution in [3.8, 4) is 5.69 Å². The van der Waals surface area contributed by atoms with E-state index in [-0.39, 0.29) is 18.1 Å². The van der Waals surface area contributed by atoms with Gasteiger partial charge < -0.3 is 4.90 Å². The zero-order valence-corrected chi connectivity index (χ0v) is 15.3. The lowest BCUT2D eigenvalue weighted by atomic mass is 10.1. The summed E-state index contributed by atoms with van der Waals surface area (Å²) in [6.45, 7) is 0.515. The number of rotatable bonds is 3.